The van der Waals surface area contributed by atoms with Crippen LogP contribution in [0.3, 0.4) is 0 Å². The van der Waals surface area contributed by atoms with Gasteiger partial charge in [0.25, 0.3) is 0 Å². The number of hydrogen-bond acceptors (Lipinski definition) is 3. The second-order valence-electron chi connectivity index (χ2n) is 8.28. The Kier molecular flexibility index (Phi) is 6.09. The van der Waals surface area contributed by atoms with Gasteiger partial charge in [-0.1, -0.05) is 54.4 Å². The Labute approximate surface area is 168 Å². The van der Waals surface area contributed by atoms with Crippen LogP contribution < -0.4 is 4.90 Å². The fraction of sp³-hybridized carbons (Fsp3) is 0.500. The maximum Gasteiger partial charge on any atom is 0.0508 e. The monoisotopic (exact) mass is 380 g/mol. The molecule has 0 atom stereocenters. The van der Waals surface area contributed by atoms with Crippen LogP contribution in [0.1, 0.15) is 36.8 Å². The topological polar surface area (TPSA) is 6.48 Å². The number of nitrogens with zero attached hydrogens (tertiary/aromatic N) is 2. The maximum absolute atomic E-state index is 2.70. The molecule has 1 aliphatic carbocycles. The second-order valence-corrected chi connectivity index (χ2v) is 9.36. The molecule has 4 rings (SSSR count). The first kappa shape index (κ1) is 18.9. The highest BCUT2D eigenvalue weighted by Crippen LogP contribution is 2.37. The van der Waals surface area contributed by atoms with Gasteiger partial charge in [-0.25, -0.2) is 0 Å². The molecule has 144 valence electrons. The Morgan fingerprint density at radius 1 is 0.889 bits per heavy atom. The van der Waals surface area contributed by atoms with E-state index in [1.54, 1.807) is 0 Å². The lowest BCUT2D eigenvalue weighted by Crippen LogP contribution is -2.47. The van der Waals surface area contributed by atoms with Crippen molar-refractivity contribution in [3.05, 3.63) is 53.6 Å². The Balaban J connectivity index is 1.42. The summed E-state index contributed by atoms with van der Waals surface area (Å²) in [6.45, 7) is 10.4. The molecule has 1 heterocycles. The van der Waals surface area contributed by atoms with Gasteiger partial charge in [-0.2, -0.15) is 0 Å². The lowest BCUT2D eigenvalue weighted by Gasteiger charge is -2.38. The van der Waals surface area contributed by atoms with E-state index < -0.39 is 0 Å². The smallest absolute Gasteiger partial charge is 0.0508 e. The average Bonchev–Trinajstić information content (AvgIpc) is 3.18. The number of anilines is 1. The third-order valence-corrected chi connectivity index (χ3v) is 7.36. The number of aryl methyl sites for hydroxylation is 2. The highest BCUT2D eigenvalue weighted by atomic mass is 32.2. The first-order valence-corrected chi connectivity index (χ1v) is 11.3. The average molecular weight is 381 g/mol. The van der Waals surface area contributed by atoms with E-state index >= 15 is 0 Å². The quantitative estimate of drug-likeness (QED) is 0.650. The summed E-state index contributed by atoms with van der Waals surface area (Å²) < 4.78 is 0. The molecule has 0 aromatic heterocycles. The summed E-state index contributed by atoms with van der Waals surface area (Å²) in [5, 5.41) is 0. The van der Waals surface area contributed by atoms with Gasteiger partial charge in [-0.3, -0.25) is 4.90 Å². The summed E-state index contributed by atoms with van der Waals surface area (Å²) in [7, 11) is 0. The lowest BCUT2D eigenvalue weighted by atomic mass is 10.1. The predicted molar refractivity (Wildman–Crippen MR) is 117 cm³/mol. The molecule has 2 nitrogen and oxygen atoms in total. The molecule has 27 heavy (non-hydrogen) atoms. The summed E-state index contributed by atoms with van der Waals surface area (Å²) in [6, 6.07) is 15.7. The van der Waals surface area contributed by atoms with E-state index in [0.29, 0.717) is 0 Å². The second kappa shape index (κ2) is 8.70. The maximum atomic E-state index is 2.70. The molecule has 2 fully saturated rings. The van der Waals surface area contributed by atoms with Crippen LogP contribution in [-0.4, -0.2) is 37.6 Å². The highest BCUT2D eigenvalue weighted by molar-refractivity contribution is 7.99. The molecule has 1 saturated carbocycles. The minimum atomic E-state index is 0.962. The zero-order chi connectivity index (χ0) is 18.6. The van der Waals surface area contributed by atoms with Crippen molar-refractivity contribution < 1.29 is 0 Å². The van der Waals surface area contributed by atoms with Crippen molar-refractivity contribution in [1.29, 1.82) is 0 Å². The van der Waals surface area contributed by atoms with Crippen molar-refractivity contribution in [3.63, 3.8) is 0 Å². The van der Waals surface area contributed by atoms with Gasteiger partial charge in [0, 0.05) is 42.5 Å². The van der Waals surface area contributed by atoms with Crippen molar-refractivity contribution in [2.45, 2.75) is 49.3 Å². The van der Waals surface area contributed by atoms with Crippen molar-refractivity contribution in [2.24, 2.45) is 5.92 Å². The van der Waals surface area contributed by atoms with Crippen LogP contribution in [0.2, 0.25) is 0 Å². The van der Waals surface area contributed by atoms with Crippen LogP contribution in [0.25, 0.3) is 0 Å². The molecule has 2 aromatic carbocycles. The van der Waals surface area contributed by atoms with E-state index in [-0.39, 0.29) is 0 Å². The van der Waals surface area contributed by atoms with Crippen molar-refractivity contribution >= 4 is 17.4 Å². The molecule has 1 aliphatic heterocycles. The number of piperazine rings is 1. The summed E-state index contributed by atoms with van der Waals surface area (Å²) in [5.74, 6) is 0.962. The van der Waals surface area contributed by atoms with Crippen LogP contribution in [0.5, 0.6) is 0 Å². The van der Waals surface area contributed by atoms with E-state index in [0.717, 1.165) is 19.0 Å². The SMILES string of the molecule is Cc1ccc(Sc2ccccc2N2CCN(CC3CCCC3)CC2)c(C)c1. The Morgan fingerprint density at radius 3 is 2.37 bits per heavy atom. The fourth-order valence-electron chi connectivity index (χ4n) is 4.57. The molecule has 0 bridgehead atoms. The van der Waals surface area contributed by atoms with Gasteiger partial charge >= 0.3 is 0 Å². The molecule has 0 radical (unpaired) electrons. The third-order valence-electron chi connectivity index (χ3n) is 6.12. The molecule has 2 aromatic rings. The van der Waals surface area contributed by atoms with Gasteiger partial charge in [-0.15, -0.1) is 0 Å². The normalized spacial score (nSPS) is 19.0. The van der Waals surface area contributed by atoms with Crippen molar-refractivity contribution in [1.82, 2.24) is 4.90 Å². The van der Waals surface area contributed by atoms with E-state index in [2.05, 4.69) is 66.1 Å². The molecule has 0 unspecified atom stereocenters. The Bertz CT molecular complexity index is 759. The van der Waals surface area contributed by atoms with Crippen LogP contribution in [-0.2, 0) is 0 Å². The number of benzene rings is 2. The predicted octanol–water partition coefficient (Wildman–Crippen LogP) is 5.77. The molecular weight excluding hydrogens is 348 g/mol. The molecule has 2 aliphatic rings. The Morgan fingerprint density at radius 2 is 1.63 bits per heavy atom. The van der Waals surface area contributed by atoms with Crippen molar-refractivity contribution in [3.8, 4) is 0 Å². The van der Waals surface area contributed by atoms with E-state index in [4.69, 9.17) is 0 Å². The zero-order valence-corrected chi connectivity index (χ0v) is 17.6. The highest BCUT2D eigenvalue weighted by Gasteiger charge is 2.23. The minimum Gasteiger partial charge on any atom is -0.368 e. The molecule has 1 saturated heterocycles. The first-order chi connectivity index (χ1) is 13.2. The zero-order valence-electron chi connectivity index (χ0n) is 16.8. The summed E-state index contributed by atoms with van der Waals surface area (Å²) >= 11 is 1.91. The molecule has 0 spiro atoms. The van der Waals surface area contributed by atoms with Gasteiger partial charge in [0.15, 0.2) is 0 Å². The third kappa shape index (κ3) is 4.70. The standard InChI is InChI=1S/C24H32N2S/c1-19-11-12-23(20(2)17-19)27-24-10-6-5-9-22(24)26-15-13-25(14-16-26)18-21-7-3-4-8-21/h5-6,9-12,17,21H,3-4,7-8,13-16,18H2,1-2H3. The van der Waals surface area contributed by atoms with Crippen LogP contribution in [0.4, 0.5) is 5.69 Å². The van der Waals surface area contributed by atoms with Gasteiger partial charge in [-0.05, 0) is 56.4 Å². The molecular formula is C24H32N2S. The Hall–Kier alpha value is -1.45. The van der Waals surface area contributed by atoms with Crippen molar-refractivity contribution in [2.75, 3.05) is 37.6 Å². The summed E-state index contributed by atoms with van der Waals surface area (Å²) in [6.07, 6.45) is 5.81. The summed E-state index contributed by atoms with van der Waals surface area (Å²) in [4.78, 5) is 8.05. The van der Waals surface area contributed by atoms with Gasteiger partial charge in [0.2, 0.25) is 0 Å². The lowest BCUT2D eigenvalue weighted by molar-refractivity contribution is 0.219. The van der Waals surface area contributed by atoms with Crippen LogP contribution in [0, 0.1) is 19.8 Å². The number of para-hydroxylation sites is 1. The largest absolute Gasteiger partial charge is 0.368 e. The van der Waals surface area contributed by atoms with Crippen LogP contribution >= 0.6 is 11.8 Å². The van der Waals surface area contributed by atoms with E-state index in [1.165, 1.54) is 71.9 Å². The van der Waals surface area contributed by atoms with Crippen LogP contribution in [0.15, 0.2) is 52.3 Å². The number of rotatable bonds is 5. The first-order valence-electron chi connectivity index (χ1n) is 10.5. The van der Waals surface area contributed by atoms with E-state index in [9.17, 15) is 0 Å². The van der Waals surface area contributed by atoms with Gasteiger partial charge in [0.1, 0.15) is 0 Å². The van der Waals surface area contributed by atoms with Gasteiger partial charge < -0.3 is 4.90 Å². The van der Waals surface area contributed by atoms with Gasteiger partial charge in [0.05, 0.1) is 5.69 Å². The molecule has 0 amide bonds. The minimum absolute atomic E-state index is 0.962. The number of hydrogen-bond donors (Lipinski definition) is 0. The molecule has 3 heteroatoms. The van der Waals surface area contributed by atoms with E-state index in [1.807, 2.05) is 11.8 Å². The summed E-state index contributed by atoms with van der Waals surface area (Å²) in [5.41, 5.74) is 4.11. The fourth-order valence-corrected chi connectivity index (χ4v) is 5.61. The molecule has 0 N–H and O–H groups in total.